The smallest absolute Gasteiger partial charge is 0.244 e. The summed E-state index contributed by atoms with van der Waals surface area (Å²) >= 11 is 1.60. The van der Waals surface area contributed by atoms with Crippen LogP contribution in [0.4, 0.5) is 0 Å². The number of benzene rings is 1. The first-order valence-corrected chi connectivity index (χ1v) is 9.26. The van der Waals surface area contributed by atoms with E-state index in [9.17, 15) is 4.79 Å². The Morgan fingerprint density at radius 2 is 2.12 bits per heavy atom. The molecule has 1 atom stereocenters. The molecule has 0 unspecified atom stereocenters. The molecular weight excluding hydrogens is 344 g/mol. The van der Waals surface area contributed by atoms with Crippen LogP contribution in [0.3, 0.4) is 0 Å². The van der Waals surface area contributed by atoms with E-state index >= 15 is 0 Å². The number of hydrogen-bond acceptors (Lipinski definition) is 4. The third kappa shape index (κ3) is 5.04. The van der Waals surface area contributed by atoms with E-state index in [4.69, 9.17) is 4.74 Å². The molecule has 0 saturated heterocycles. The van der Waals surface area contributed by atoms with E-state index in [0.717, 1.165) is 16.8 Å². The van der Waals surface area contributed by atoms with E-state index in [1.54, 1.807) is 23.6 Å². The molecule has 132 valence electrons. The lowest BCUT2D eigenvalue weighted by Gasteiger charge is -2.14. The summed E-state index contributed by atoms with van der Waals surface area (Å²) < 4.78 is 5.84. The minimum Gasteiger partial charge on any atom is -0.456 e. The topological polar surface area (TPSA) is 51.2 Å². The Balaban J connectivity index is 1.63. The first-order valence-electron chi connectivity index (χ1n) is 8.31. The fraction of sp³-hybridized carbons (Fsp3) is 0.143. The Morgan fingerprint density at radius 1 is 1.23 bits per heavy atom. The van der Waals surface area contributed by atoms with Crippen LogP contribution in [0.5, 0.6) is 11.5 Å². The third-order valence-electron chi connectivity index (χ3n) is 3.81. The summed E-state index contributed by atoms with van der Waals surface area (Å²) in [5.74, 6) is 1.27. The average Bonchev–Trinajstić information content (AvgIpc) is 3.16. The summed E-state index contributed by atoms with van der Waals surface area (Å²) in [4.78, 5) is 16.3. The molecule has 26 heavy (non-hydrogen) atoms. The van der Waals surface area contributed by atoms with Crippen LogP contribution in [-0.2, 0) is 4.79 Å². The van der Waals surface area contributed by atoms with E-state index in [0.29, 0.717) is 11.5 Å². The largest absolute Gasteiger partial charge is 0.456 e. The van der Waals surface area contributed by atoms with Gasteiger partial charge in [-0.1, -0.05) is 12.1 Å². The van der Waals surface area contributed by atoms with Crippen molar-refractivity contribution < 1.29 is 9.53 Å². The molecule has 4 nitrogen and oxygen atoms in total. The van der Waals surface area contributed by atoms with Crippen LogP contribution in [0, 0.1) is 6.92 Å². The average molecular weight is 364 g/mol. The Morgan fingerprint density at radius 3 is 2.85 bits per heavy atom. The number of amides is 1. The van der Waals surface area contributed by atoms with Crippen LogP contribution in [0.15, 0.2) is 65.5 Å². The standard InChI is InChI=1S/C21H20N2O2S/c1-15-6-8-20(13-22-15)25-19-5-3-4-18(12-19)16(2)23-21(24)9-7-17-10-11-26-14-17/h3-14,16H,1-2H3,(H,23,24)/t16-/m1/s1. The molecule has 0 saturated carbocycles. The normalized spacial score (nSPS) is 12.1. The zero-order valence-electron chi connectivity index (χ0n) is 14.7. The maximum atomic E-state index is 12.1. The molecule has 0 fully saturated rings. The van der Waals surface area contributed by atoms with Crippen LogP contribution in [0.2, 0.25) is 0 Å². The monoisotopic (exact) mass is 364 g/mol. The van der Waals surface area contributed by atoms with Crippen molar-refractivity contribution in [2.24, 2.45) is 0 Å². The number of pyridine rings is 1. The van der Waals surface area contributed by atoms with Gasteiger partial charge in [-0.15, -0.1) is 0 Å². The van der Waals surface area contributed by atoms with Crippen LogP contribution in [-0.4, -0.2) is 10.9 Å². The number of aryl methyl sites for hydroxylation is 1. The fourth-order valence-electron chi connectivity index (χ4n) is 2.38. The lowest BCUT2D eigenvalue weighted by Crippen LogP contribution is -2.24. The van der Waals surface area contributed by atoms with Crippen molar-refractivity contribution in [1.82, 2.24) is 10.3 Å². The highest BCUT2D eigenvalue weighted by Gasteiger charge is 2.09. The zero-order valence-corrected chi connectivity index (χ0v) is 15.5. The minimum absolute atomic E-state index is 0.127. The van der Waals surface area contributed by atoms with Gasteiger partial charge in [0.1, 0.15) is 11.5 Å². The van der Waals surface area contributed by atoms with Gasteiger partial charge >= 0.3 is 0 Å². The highest BCUT2D eigenvalue weighted by atomic mass is 32.1. The van der Waals surface area contributed by atoms with E-state index in [-0.39, 0.29) is 11.9 Å². The first-order chi connectivity index (χ1) is 12.6. The summed E-state index contributed by atoms with van der Waals surface area (Å²) in [6.45, 7) is 3.88. The molecule has 1 amide bonds. The second-order valence-corrected chi connectivity index (χ2v) is 6.71. The number of carbonyl (C=O) groups excluding carboxylic acids is 1. The first kappa shape index (κ1) is 17.9. The molecule has 0 aliphatic heterocycles. The zero-order chi connectivity index (χ0) is 18.4. The van der Waals surface area contributed by atoms with E-state index < -0.39 is 0 Å². The molecule has 1 aromatic carbocycles. The second-order valence-electron chi connectivity index (χ2n) is 5.93. The molecule has 1 N–H and O–H groups in total. The van der Waals surface area contributed by atoms with Crippen molar-refractivity contribution in [2.45, 2.75) is 19.9 Å². The van der Waals surface area contributed by atoms with Crippen molar-refractivity contribution >= 4 is 23.3 Å². The molecule has 3 rings (SSSR count). The number of hydrogen-bond donors (Lipinski definition) is 1. The molecule has 0 bridgehead atoms. The van der Waals surface area contributed by atoms with Crippen molar-refractivity contribution in [1.29, 1.82) is 0 Å². The fourth-order valence-corrected chi connectivity index (χ4v) is 3.01. The highest BCUT2D eigenvalue weighted by molar-refractivity contribution is 7.08. The van der Waals surface area contributed by atoms with Gasteiger partial charge in [-0.25, -0.2) is 0 Å². The van der Waals surface area contributed by atoms with E-state index in [1.165, 1.54) is 0 Å². The predicted octanol–water partition coefficient (Wildman–Crippen LogP) is 5.13. The molecule has 3 aromatic rings. The van der Waals surface area contributed by atoms with Gasteiger partial charge in [0.15, 0.2) is 0 Å². The summed E-state index contributed by atoms with van der Waals surface area (Å²) in [6, 6.07) is 13.3. The Bertz CT molecular complexity index is 887. The summed E-state index contributed by atoms with van der Waals surface area (Å²) in [7, 11) is 0. The lowest BCUT2D eigenvalue weighted by molar-refractivity contribution is -0.117. The number of thiophene rings is 1. The molecular formula is C21H20N2O2S. The molecule has 0 aliphatic carbocycles. The second kappa shape index (κ2) is 8.45. The van der Waals surface area contributed by atoms with Crippen LogP contribution in [0.1, 0.15) is 29.8 Å². The van der Waals surface area contributed by atoms with Gasteiger partial charge in [0.2, 0.25) is 5.91 Å². The van der Waals surface area contributed by atoms with Crippen LogP contribution >= 0.6 is 11.3 Å². The number of nitrogens with one attached hydrogen (secondary N) is 1. The third-order valence-corrected chi connectivity index (χ3v) is 4.51. The van der Waals surface area contributed by atoms with E-state index in [1.807, 2.05) is 73.1 Å². The summed E-state index contributed by atoms with van der Waals surface area (Å²) in [5.41, 5.74) is 2.94. The minimum atomic E-state index is -0.130. The van der Waals surface area contributed by atoms with Gasteiger partial charge in [-0.05, 0) is 72.1 Å². The van der Waals surface area contributed by atoms with Gasteiger partial charge in [0.25, 0.3) is 0 Å². The molecule has 0 spiro atoms. The Labute approximate surface area is 157 Å². The van der Waals surface area contributed by atoms with Gasteiger partial charge in [-0.2, -0.15) is 11.3 Å². The van der Waals surface area contributed by atoms with Crippen molar-refractivity contribution in [3.05, 3.63) is 82.3 Å². The van der Waals surface area contributed by atoms with Crippen LogP contribution < -0.4 is 10.1 Å². The number of carbonyl (C=O) groups is 1. The molecule has 2 aromatic heterocycles. The van der Waals surface area contributed by atoms with Crippen molar-refractivity contribution in [2.75, 3.05) is 0 Å². The number of rotatable bonds is 6. The molecule has 0 aliphatic rings. The quantitative estimate of drug-likeness (QED) is 0.617. The number of aromatic nitrogens is 1. The maximum Gasteiger partial charge on any atom is 0.244 e. The maximum absolute atomic E-state index is 12.1. The van der Waals surface area contributed by atoms with Gasteiger partial charge < -0.3 is 10.1 Å². The molecule has 5 heteroatoms. The predicted molar refractivity (Wildman–Crippen MR) is 105 cm³/mol. The lowest BCUT2D eigenvalue weighted by atomic mass is 10.1. The van der Waals surface area contributed by atoms with Crippen molar-refractivity contribution in [3.63, 3.8) is 0 Å². The summed E-state index contributed by atoms with van der Waals surface area (Å²) in [5, 5.41) is 6.94. The Kier molecular flexibility index (Phi) is 5.81. The Hall–Kier alpha value is -2.92. The van der Waals surface area contributed by atoms with Crippen LogP contribution in [0.25, 0.3) is 6.08 Å². The van der Waals surface area contributed by atoms with Gasteiger partial charge in [0, 0.05) is 11.8 Å². The van der Waals surface area contributed by atoms with Gasteiger partial charge in [-0.3, -0.25) is 9.78 Å². The highest BCUT2D eigenvalue weighted by Crippen LogP contribution is 2.24. The van der Waals surface area contributed by atoms with E-state index in [2.05, 4.69) is 10.3 Å². The molecule has 2 heterocycles. The van der Waals surface area contributed by atoms with Crippen molar-refractivity contribution in [3.8, 4) is 11.5 Å². The summed E-state index contributed by atoms with van der Waals surface area (Å²) in [6.07, 6.45) is 5.06. The molecule has 0 radical (unpaired) electrons. The van der Waals surface area contributed by atoms with Gasteiger partial charge in [0.05, 0.1) is 12.2 Å². The number of ether oxygens (including phenoxy) is 1. The number of nitrogens with zero attached hydrogens (tertiary/aromatic N) is 1. The SMILES string of the molecule is Cc1ccc(Oc2cccc([C@@H](C)NC(=O)C=Cc3ccsc3)c2)cn1.